The average molecular weight is 278 g/mol. The molecule has 1 aromatic heterocycles. The maximum absolute atomic E-state index is 9.20. The van der Waals surface area contributed by atoms with E-state index in [0.29, 0.717) is 17.9 Å². The van der Waals surface area contributed by atoms with Gasteiger partial charge in [-0.25, -0.2) is 0 Å². The summed E-state index contributed by atoms with van der Waals surface area (Å²) in [5.74, 6) is 0.665. The van der Waals surface area contributed by atoms with Crippen LogP contribution < -0.4 is 0 Å². The van der Waals surface area contributed by atoms with Crippen LogP contribution in [-0.2, 0) is 25.8 Å². The van der Waals surface area contributed by atoms with E-state index in [1.54, 1.807) is 0 Å². The van der Waals surface area contributed by atoms with Crippen molar-refractivity contribution in [2.75, 3.05) is 6.61 Å². The molecule has 0 aromatic carbocycles. The van der Waals surface area contributed by atoms with Crippen molar-refractivity contribution in [2.24, 2.45) is 11.3 Å². The molecule has 1 aliphatic carbocycles. The van der Waals surface area contributed by atoms with Gasteiger partial charge in [-0.1, -0.05) is 27.7 Å². The zero-order chi connectivity index (χ0) is 14.8. The second-order valence-corrected chi connectivity index (χ2v) is 7.60. The van der Waals surface area contributed by atoms with Crippen LogP contribution in [0.5, 0.6) is 0 Å². The minimum absolute atomic E-state index is 0.186. The van der Waals surface area contributed by atoms with Gasteiger partial charge in [0.15, 0.2) is 0 Å². The summed E-state index contributed by atoms with van der Waals surface area (Å²) in [6, 6.07) is 0. The summed E-state index contributed by atoms with van der Waals surface area (Å²) in [5, 5.41) is 14.0. The number of nitrogens with zero attached hydrogens (tertiary/aromatic N) is 2. The highest BCUT2D eigenvalue weighted by Crippen LogP contribution is 2.30. The topological polar surface area (TPSA) is 38.0 Å². The third-order valence-corrected chi connectivity index (χ3v) is 4.15. The highest BCUT2D eigenvalue weighted by Gasteiger charge is 2.23. The van der Waals surface area contributed by atoms with Crippen molar-refractivity contribution >= 4 is 0 Å². The standard InChI is InChI=1S/C17H30N2O/c1-13(12-17(2,3)4)11-15-14-7-5-6-8-16(14)19(18-15)9-10-20/h13,20H,5-12H2,1-4H3. The minimum Gasteiger partial charge on any atom is -0.394 e. The number of aliphatic hydroxyl groups is 1. The van der Waals surface area contributed by atoms with Gasteiger partial charge in [0.2, 0.25) is 0 Å². The van der Waals surface area contributed by atoms with Gasteiger partial charge in [-0.05, 0) is 55.4 Å². The quantitative estimate of drug-likeness (QED) is 0.896. The van der Waals surface area contributed by atoms with E-state index in [0.717, 1.165) is 12.8 Å². The lowest BCUT2D eigenvalue weighted by Gasteiger charge is -2.23. The molecule has 0 radical (unpaired) electrons. The molecule has 0 spiro atoms. The first-order valence-electron chi connectivity index (χ1n) is 8.09. The Hall–Kier alpha value is -0.830. The highest BCUT2D eigenvalue weighted by molar-refractivity contribution is 5.29. The number of hydrogen-bond acceptors (Lipinski definition) is 2. The second kappa shape index (κ2) is 6.30. The van der Waals surface area contributed by atoms with E-state index in [4.69, 9.17) is 5.10 Å². The van der Waals surface area contributed by atoms with E-state index in [1.807, 2.05) is 0 Å². The van der Waals surface area contributed by atoms with Gasteiger partial charge in [-0.3, -0.25) is 4.68 Å². The lowest BCUT2D eigenvalue weighted by molar-refractivity contribution is 0.266. The Balaban J connectivity index is 2.15. The summed E-state index contributed by atoms with van der Waals surface area (Å²) < 4.78 is 2.06. The zero-order valence-electron chi connectivity index (χ0n) is 13.6. The second-order valence-electron chi connectivity index (χ2n) is 7.60. The molecule has 0 fully saturated rings. The summed E-state index contributed by atoms with van der Waals surface area (Å²) in [5.41, 5.74) is 4.56. The molecular formula is C17H30N2O. The summed E-state index contributed by atoms with van der Waals surface area (Å²) in [7, 11) is 0. The van der Waals surface area contributed by atoms with E-state index in [1.165, 1.54) is 42.6 Å². The molecule has 3 nitrogen and oxygen atoms in total. The largest absolute Gasteiger partial charge is 0.394 e. The smallest absolute Gasteiger partial charge is 0.0662 e. The lowest BCUT2D eigenvalue weighted by atomic mass is 9.82. The molecule has 0 amide bonds. The van der Waals surface area contributed by atoms with Gasteiger partial charge in [0, 0.05) is 5.69 Å². The molecule has 2 rings (SSSR count). The van der Waals surface area contributed by atoms with Crippen molar-refractivity contribution in [1.29, 1.82) is 0 Å². The molecule has 20 heavy (non-hydrogen) atoms. The summed E-state index contributed by atoms with van der Waals surface area (Å²) >= 11 is 0. The van der Waals surface area contributed by atoms with Crippen molar-refractivity contribution in [3.05, 3.63) is 17.0 Å². The van der Waals surface area contributed by atoms with Crippen LogP contribution in [0, 0.1) is 11.3 Å². The first kappa shape index (κ1) is 15.6. The molecule has 0 aliphatic heterocycles. The van der Waals surface area contributed by atoms with Crippen LogP contribution >= 0.6 is 0 Å². The Morgan fingerprint density at radius 2 is 1.95 bits per heavy atom. The molecular weight excluding hydrogens is 248 g/mol. The molecule has 0 saturated heterocycles. The predicted octanol–water partition coefficient (Wildman–Crippen LogP) is 3.37. The first-order valence-corrected chi connectivity index (χ1v) is 8.09. The molecule has 3 heteroatoms. The number of fused-ring (bicyclic) bond motifs is 1. The highest BCUT2D eigenvalue weighted by atomic mass is 16.3. The predicted molar refractivity (Wildman–Crippen MR) is 82.9 cm³/mol. The summed E-state index contributed by atoms with van der Waals surface area (Å²) in [6.45, 7) is 10.1. The first-order chi connectivity index (χ1) is 9.40. The zero-order valence-corrected chi connectivity index (χ0v) is 13.6. The van der Waals surface area contributed by atoms with Crippen molar-refractivity contribution in [3.63, 3.8) is 0 Å². The van der Waals surface area contributed by atoms with Gasteiger partial charge in [0.05, 0.1) is 18.8 Å². The SMILES string of the molecule is CC(Cc1nn(CCO)c2c1CCCC2)CC(C)(C)C. The number of hydrogen-bond donors (Lipinski definition) is 1. The molecule has 114 valence electrons. The normalized spacial score (nSPS) is 17.1. The van der Waals surface area contributed by atoms with E-state index in [-0.39, 0.29) is 6.61 Å². The van der Waals surface area contributed by atoms with Crippen molar-refractivity contribution < 1.29 is 5.11 Å². The molecule has 0 saturated carbocycles. The minimum atomic E-state index is 0.186. The summed E-state index contributed by atoms with van der Waals surface area (Å²) in [6.07, 6.45) is 7.18. The Morgan fingerprint density at radius 1 is 1.25 bits per heavy atom. The fourth-order valence-electron chi connectivity index (χ4n) is 3.64. The third-order valence-electron chi connectivity index (χ3n) is 4.15. The van der Waals surface area contributed by atoms with Crippen LogP contribution in [0.25, 0.3) is 0 Å². The Labute approximate surface area is 123 Å². The van der Waals surface area contributed by atoms with Crippen LogP contribution in [0.4, 0.5) is 0 Å². The van der Waals surface area contributed by atoms with Crippen LogP contribution in [-0.4, -0.2) is 21.5 Å². The fraction of sp³-hybridized carbons (Fsp3) is 0.824. The van der Waals surface area contributed by atoms with Gasteiger partial charge in [-0.2, -0.15) is 5.10 Å². The summed E-state index contributed by atoms with van der Waals surface area (Å²) in [4.78, 5) is 0. The van der Waals surface area contributed by atoms with Gasteiger partial charge >= 0.3 is 0 Å². The molecule has 1 aromatic rings. The van der Waals surface area contributed by atoms with Gasteiger partial charge < -0.3 is 5.11 Å². The van der Waals surface area contributed by atoms with Gasteiger partial charge in [0.25, 0.3) is 0 Å². The molecule has 1 aliphatic rings. The van der Waals surface area contributed by atoms with Crippen LogP contribution in [0.3, 0.4) is 0 Å². The maximum atomic E-state index is 9.20. The van der Waals surface area contributed by atoms with E-state index in [9.17, 15) is 5.11 Å². The van der Waals surface area contributed by atoms with Gasteiger partial charge in [-0.15, -0.1) is 0 Å². The molecule has 1 atom stereocenters. The van der Waals surface area contributed by atoms with Crippen molar-refractivity contribution in [1.82, 2.24) is 9.78 Å². The van der Waals surface area contributed by atoms with Crippen molar-refractivity contribution in [3.8, 4) is 0 Å². The third kappa shape index (κ3) is 3.85. The average Bonchev–Trinajstić information content (AvgIpc) is 2.66. The number of aromatic nitrogens is 2. The lowest BCUT2D eigenvalue weighted by Crippen LogP contribution is -2.14. The van der Waals surface area contributed by atoms with Crippen LogP contribution in [0.2, 0.25) is 0 Å². The molecule has 1 N–H and O–H groups in total. The van der Waals surface area contributed by atoms with Gasteiger partial charge in [0.1, 0.15) is 0 Å². The number of aliphatic hydroxyl groups excluding tert-OH is 1. The maximum Gasteiger partial charge on any atom is 0.0662 e. The fourth-order valence-corrected chi connectivity index (χ4v) is 3.64. The molecule has 1 heterocycles. The number of rotatable bonds is 5. The van der Waals surface area contributed by atoms with Crippen LogP contribution in [0.15, 0.2) is 0 Å². The van der Waals surface area contributed by atoms with E-state index in [2.05, 4.69) is 32.4 Å². The molecule has 1 unspecified atom stereocenters. The Kier molecular flexibility index (Phi) is 4.90. The van der Waals surface area contributed by atoms with Crippen molar-refractivity contribution in [2.45, 2.75) is 72.8 Å². The van der Waals surface area contributed by atoms with E-state index >= 15 is 0 Å². The van der Waals surface area contributed by atoms with Crippen LogP contribution in [0.1, 0.15) is 63.9 Å². The Bertz CT molecular complexity index is 443. The Morgan fingerprint density at radius 3 is 2.60 bits per heavy atom. The van der Waals surface area contributed by atoms with E-state index < -0.39 is 0 Å². The molecule has 0 bridgehead atoms. The monoisotopic (exact) mass is 278 g/mol.